The molecular formula is C9H14BN4. The van der Waals surface area contributed by atoms with Crippen molar-refractivity contribution in [2.45, 2.75) is 14.4 Å². The number of rotatable bonds is 2. The predicted octanol–water partition coefficient (Wildman–Crippen LogP) is 2.52. The van der Waals surface area contributed by atoms with Gasteiger partial charge in [0.1, 0.15) is 6.34 Å². The fraction of sp³-hybridized carbons (Fsp3) is 0.222. The lowest BCUT2D eigenvalue weighted by molar-refractivity contribution is 1.25. The van der Waals surface area contributed by atoms with Gasteiger partial charge in [0.2, 0.25) is 0 Å². The van der Waals surface area contributed by atoms with E-state index in [1.807, 2.05) is 13.0 Å². The zero-order valence-electron chi connectivity index (χ0n) is 7.36. The molecule has 0 unspecified atom stereocenters. The Balaban J connectivity index is 0. The van der Waals surface area contributed by atoms with Crippen molar-refractivity contribution in [3.63, 3.8) is 0 Å². The number of nitrogens with zero attached hydrogens (tertiary/aromatic N) is 2. The van der Waals surface area contributed by atoms with Crippen molar-refractivity contribution in [1.82, 2.24) is 0 Å². The van der Waals surface area contributed by atoms with E-state index in [1.54, 1.807) is 12.1 Å². The number of benzene rings is 1. The van der Waals surface area contributed by atoms with Gasteiger partial charge in [0.15, 0.2) is 0 Å². The first kappa shape index (κ1) is 14.9. The lowest BCUT2D eigenvalue weighted by Gasteiger charge is -1.98. The number of nitrogens with one attached hydrogen (secondary N) is 1. The number of azo groups is 1. The smallest absolute Gasteiger partial charge is 0.129 e. The molecule has 0 spiro atoms. The number of hydrogen-bond donors (Lipinski definition) is 2. The van der Waals surface area contributed by atoms with Gasteiger partial charge in [-0.3, -0.25) is 5.41 Å². The zero-order valence-corrected chi connectivity index (χ0v) is 7.36. The van der Waals surface area contributed by atoms with Gasteiger partial charge < -0.3 is 5.73 Å². The van der Waals surface area contributed by atoms with Gasteiger partial charge in [0, 0.05) is 14.1 Å². The van der Waals surface area contributed by atoms with Gasteiger partial charge >= 0.3 is 0 Å². The highest BCUT2D eigenvalue weighted by Gasteiger charge is 1.95. The maximum absolute atomic E-state index is 6.65. The van der Waals surface area contributed by atoms with Crippen LogP contribution in [0.2, 0.25) is 0 Å². The van der Waals surface area contributed by atoms with E-state index >= 15 is 0 Å². The van der Waals surface area contributed by atoms with Crippen molar-refractivity contribution in [3.05, 3.63) is 23.8 Å². The summed E-state index contributed by atoms with van der Waals surface area (Å²) in [5.41, 5.74) is 7.95. The van der Waals surface area contributed by atoms with Crippen LogP contribution in [0.5, 0.6) is 0 Å². The molecule has 0 heterocycles. The van der Waals surface area contributed by atoms with Crippen LogP contribution < -0.4 is 5.73 Å². The lowest BCUT2D eigenvalue weighted by atomic mass is 10.2. The van der Waals surface area contributed by atoms with Crippen molar-refractivity contribution in [2.75, 3.05) is 5.73 Å². The highest BCUT2D eigenvalue weighted by molar-refractivity contribution is 5.75. The molecule has 1 aromatic carbocycles. The summed E-state index contributed by atoms with van der Waals surface area (Å²) in [6.45, 7) is 1.90. The maximum Gasteiger partial charge on any atom is 0.129 e. The molecule has 0 bridgehead atoms. The monoisotopic (exact) mass is 189 g/mol. The van der Waals surface area contributed by atoms with Crippen LogP contribution in [0.1, 0.15) is 13.0 Å². The van der Waals surface area contributed by atoms with Crippen LogP contribution in [-0.4, -0.2) is 14.8 Å². The Morgan fingerprint density at radius 1 is 1.43 bits per heavy atom. The normalized spacial score (nSPS) is 8.93. The highest BCUT2D eigenvalue weighted by atomic mass is 15.1. The summed E-state index contributed by atoms with van der Waals surface area (Å²) in [5.74, 6) is 0. The summed E-state index contributed by atoms with van der Waals surface area (Å²) in [4.78, 5) is 0. The average molecular weight is 189 g/mol. The molecule has 0 amide bonds. The Morgan fingerprint density at radius 3 is 2.57 bits per heavy atom. The van der Waals surface area contributed by atoms with E-state index in [9.17, 15) is 0 Å². The topological polar surface area (TPSA) is 74.6 Å². The third kappa shape index (κ3) is 3.84. The summed E-state index contributed by atoms with van der Waals surface area (Å²) in [5, 5.41) is 13.9. The molecule has 0 atom stereocenters. The average Bonchev–Trinajstić information content (AvgIpc) is 2.03. The zero-order chi connectivity index (χ0) is 8.97. The lowest BCUT2D eigenvalue weighted by Crippen LogP contribution is -1.84. The van der Waals surface area contributed by atoms with Gasteiger partial charge in [0.05, 0.1) is 5.69 Å². The van der Waals surface area contributed by atoms with E-state index in [2.05, 4.69) is 10.2 Å². The molecule has 0 aliphatic carbocycles. The second-order valence-electron chi connectivity index (χ2n) is 2.39. The quantitative estimate of drug-likeness (QED) is 0.242. The molecule has 0 saturated heterocycles. The van der Waals surface area contributed by atoms with Crippen LogP contribution in [0.15, 0.2) is 28.4 Å². The van der Waals surface area contributed by atoms with Crippen molar-refractivity contribution >= 4 is 26.1 Å². The van der Waals surface area contributed by atoms with Gasteiger partial charge in [-0.15, -0.1) is 10.2 Å². The molecule has 0 aromatic heterocycles. The van der Waals surface area contributed by atoms with Crippen LogP contribution in [0.4, 0.5) is 11.4 Å². The number of nitrogen functional groups attached to an aromatic ring is 1. The van der Waals surface area contributed by atoms with Crippen LogP contribution in [-0.2, 0) is 0 Å². The summed E-state index contributed by atoms with van der Waals surface area (Å²) >= 11 is 0. The largest absolute Gasteiger partial charge is 0.399 e. The van der Waals surface area contributed by atoms with E-state index in [-0.39, 0.29) is 15.8 Å². The van der Waals surface area contributed by atoms with E-state index in [4.69, 9.17) is 11.1 Å². The first-order chi connectivity index (χ1) is 5.74. The first-order valence-electron chi connectivity index (χ1n) is 3.50. The summed E-state index contributed by atoms with van der Waals surface area (Å²) in [6.07, 6.45) is 0.899. The van der Waals surface area contributed by atoms with E-state index in [0.717, 1.165) is 17.6 Å². The molecule has 1 aromatic rings. The van der Waals surface area contributed by atoms with Gasteiger partial charge in [-0.2, -0.15) is 0 Å². The molecule has 73 valence electrons. The predicted molar refractivity (Wildman–Crippen MR) is 61.4 cm³/mol. The van der Waals surface area contributed by atoms with Crippen molar-refractivity contribution < 1.29 is 0 Å². The summed E-state index contributed by atoms with van der Waals surface area (Å²) in [7, 11) is 0. The van der Waals surface area contributed by atoms with E-state index in [1.165, 1.54) is 0 Å². The Kier molecular flexibility index (Phi) is 7.24. The number of nitrogens with two attached hydrogens (primary N) is 1. The standard InChI is InChI=1S/C8H10N4.CH4.B/c1-6-4-7(10)2-3-8(6)12-11-5-9;;/h2-5,9H,10H2,1H3;1H4;. The number of hydrogen-bond acceptors (Lipinski definition) is 3. The van der Waals surface area contributed by atoms with Crippen LogP contribution in [0, 0.1) is 12.3 Å². The van der Waals surface area contributed by atoms with Gasteiger partial charge in [-0.25, -0.2) is 0 Å². The Bertz CT molecular complexity index is 323. The fourth-order valence-electron chi connectivity index (χ4n) is 0.882. The Labute approximate surface area is 86.3 Å². The molecule has 0 aliphatic heterocycles. The Hall–Kier alpha value is -1.65. The summed E-state index contributed by atoms with van der Waals surface area (Å²) in [6, 6.07) is 5.35. The summed E-state index contributed by atoms with van der Waals surface area (Å²) < 4.78 is 0. The van der Waals surface area contributed by atoms with Crippen LogP contribution >= 0.6 is 0 Å². The molecule has 3 radical (unpaired) electrons. The minimum absolute atomic E-state index is 0. The SMILES string of the molecule is C.Cc1cc(N)ccc1N=NC=N.[B]. The van der Waals surface area contributed by atoms with Crippen molar-refractivity contribution in [3.8, 4) is 0 Å². The molecule has 5 heteroatoms. The molecule has 14 heavy (non-hydrogen) atoms. The number of aryl methyl sites for hydroxylation is 1. The van der Waals surface area contributed by atoms with E-state index < -0.39 is 0 Å². The molecule has 0 fully saturated rings. The third-order valence-electron chi connectivity index (χ3n) is 1.44. The second-order valence-corrected chi connectivity index (χ2v) is 2.39. The molecule has 1 rings (SSSR count). The minimum atomic E-state index is 0. The molecule has 0 aliphatic rings. The van der Waals surface area contributed by atoms with Crippen molar-refractivity contribution in [2.24, 2.45) is 10.2 Å². The van der Waals surface area contributed by atoms with Crippen LogP contribution in [0.25, 0.3) is 0 Å². The molecular weight excluding hydrogens is 175 g/mol. The second kappa shape index (κ2) is 6.83. The number of anilines is 1. The molecule has 0 saturated carbocycles. The van der Waals surface area contributed by atoms with Gasteiger partial charge in [-0.1, -0.05) is 7.43 Å². The molecule has 4 nitrogen and oxygen atoms in total. The Morgan fingerprint density at radius 2 is 2.07 bits per heavy atom. The van der Waals surface area contributed by atoms with E-state index in [0.29, 0.717) is 5.69 Å². The first-order valence-corrected chi connectivity index (χ1v) is 3.50. The highest BCUT2D eigenvalue weighted by Crippen LogP contribution is 2.20. The fourth-order valence-corrected chi connectivity index (χ4v) is 0.882. The third-order valence-corrected chi connectivity index (χ3v) is 1.44. The van der Waals surface area contributed by atoms with Gasteiger partial charge in [0.25, 0.3) is 0 Å². The van der Waals surface area contributed by atoms with Gasteiger partial charge in [-0.05, 0) is 30.7 Å². The minimum Gasteiger partial charge on any atom is -0.399 e. The molecule has 3 N–H and O–H groups in total. The van der Waals surface area contributed by atoms with Crippen LogP contribution in [0.3, 0.4) is 0 Å². The van der Waals surface area contributed by atoms with Crippen molar-refractivity contribution in [1.29, 1.82) is 5.41 Å². The maximum atomic E-state index is 6.65.